The number of carbonyl (C=O) groups excluding carboxylic acids is 2. The summed E-state index contributed by atoms with van der Waals surface area (Å²) < 4.78 is 0. The maximum Gasteiger partial charge on any atom is 0.220 e. The molecule has 0 radical (unpaired) electrons. The number of rotatable bonds is 7. The summed E-state index contributed by atoms with van der Waals surface area (Å²) >= 11 is 7.29. The Balaban J connectivity index is 1.67. The molecule has 0 spiro atoms. The largest absolute Gasteiger partial charge is 0.356 e. The van der Waals surface area contributed by atoms with Crippen LogP contribution < -0.4 is 5.32 Å². The number of thiophene rings is 1. The van der Waals surface area contributed by atoms with Crippen LogP contribution in [0.2, 0.25) is 5.02 Å². The molecule has 0 saturated heterocycles. The number of benzene rings is 1. The van der Waals surface area contributed by atoms with Gasteiger partial charge in [0.15, 0.2) is 5.78 Å². The molecule has 1 amide bonds. The molecular formula is C17H18ClNO2S. The molecular weight excluding hydrogens is 318 g/mol. The maximum atomic E-state index is 11.9. The normalized spacial score (nSPS) is 10.5. The Kier molecular flexibility index (Phi) is 6.16. The first-order valence-corrected chi connectivity index (χ1v) is 8.35. The molecule has 116 valence electrons. The van der Waals surface area contributed by atoms with Crippen LogP contribution in [-0.2, 0) is 11.2 Å². The van der Waals surface area contributed by atoms with Gasteiger partial charge in [-0.25, -0.2) is 0 Å². The lowest BCUT2D eigenvalue weighted by Gasteiger charge is -2.05. The van der Waals surface area contributed by atoms with Crippen LogP contribution in [0, 0.1) is 6.92 Å². The number of hydrogen-bond acceptors (Lipinski definition) is 3. The van der Waals surface area contributed by atoms with E-state index in [1.165, 1.54) is 11.3 Å². The SMILES string of the molecule is Cc1ccc(C(=O)CCC(=O)NCCc2ccc(Cl)cc2)s1. The summed E-state index contributed by atoms with van der Waals surface area (Å²) in [7, 11) is 0. The van der Waals surface area contributed by atoms with E-state index in [0.29, 0.717) is 11.6 Å². The zero-order valence-corrected chi connectivity index (χ0v) is 14.0. The first kappa shape index (κ1) is 16.7. The van der Waals surface area contributed by atoms with Crippen molar-refractivity contribution in [1.29, 1.82) is 0 Å². The predicted octanol–water partition coefficient (Wildman–Crippen LogP) is 4.03. The molecule has 0 unspecified atom stereocenters. The van der Waals surface area contributed by atoms with E-state index in [9.17, 15) is 9.59 Å². The number of carbonyl (C=O) groups is 2. The first-order valence-electron chi connectivity index (χ1n) is 7.15. The van der Waals surface area contributed by atoms with Crippen molar-refractivity contribution in [3.05, 3.63) is 56.7 Å². The fourth-order valence-electron chi connectivity index (χ4n) is 2.02. The summed E-state index contributed by atoms with van der Waals surface area (Å²) in [4.78, 5) is 25.5. The van der Waals surface area contributed by atoms with E-state index in [2.05, 4.69) is 5.32 Å². The van der Waals surface area contributed by atoms with Gasteiger partial charge in [-0.1, -0.05) is 23.7 Å². The molecule has 3 nitrogen and oxygen atoms in total. The van der Waals surface area contributed by atoms with Crippen molar-refractivity contribution in [2.24, 2.45) is 0 Å². The number of amides is 1. The Morgan fingerprint density at radius 1 is 1.09 bits per heavy atom. The molecule has 0 aliphatic heterocycles. The molecule has 1 aromatic heterocycles. The second-order valence-corrected chi connectivity index (χ2v) is 6.78. The lowest BCUT2D eigenvalue weighted by molar-refractivity contribution is -0.121. The van der Waals surface area contributed by atoms with Gasteiger partial charge < -0.3 is 5.32 Å². The van der Waals surface area contributed by atoms with Crippen molar-refractivity contribution in [2.45, 2.75) is 26.2 Å². The average molecular weight is 336 g/mol. The molecule has 2 rings (SSSR count). The Hall–Kier alpha value is -1.65. The number of Topliss-reactive ketones (excluding diaryl/α,β-unsaturated/α-hetero) is 1. The number of ketones is 1. The van der Waals surface area contributed by atoms with Gasteiger partial charge >= 0.3 is 0 Å². The minimum atomic E-state index is -0.0874. The van der Waals surface area contributed by atoms with E-state index in [-0.39, 0.29) is 24.5 Å². The van der Waals surface area contributed by atoms with Crippen LogP contribution in [0.1, 0.15) is 33.0 Å². The lowest BCUT2D eigenvalue weighted by Crippen LogP contribution is -2.26. The molecule has 0 atom stereocenters. The molecule has 0 saturated carbocycles. The number of halogens is 1. The Morgan fingerprint density at radius 2 is 1.82 bits per heavy atom. The van der Waals surface area contributed by atoms with Crippen LogP contribution in [0.5, 0.6) is 0 Å². The van der Waals surface area contributed by atoms with Gasteiger partial charge in [-0.3, -0.25) is 9.59 Å². The molecule has 0 aliphatic rings. The topological polar surface area (TPSA) is 46.2 Å². The molecule has 2 aromatic rings. The smallest absolute Gasteiger partial charge is 0.220 e. The second-order valence-electron chi connectivity index (χ2n) is 5.06. The van der Waals surface area contributed by atoms with Crippen molar-refractivity contribution in [3.8, 4) is 0 Å². The van der Waals surface area contributed by atoms with Crippen LogP contribution in [0.25, 0.3) is 0 Å². The Labute approximate surface area is 139 Å². The zero-order valence-electron chi connectivity index (χ0n) is 12.4. The zero-order chi connectivity index (χ0) is 15.9. The summed E-state index contributed by atoms with van der Waals surface area (Å²) in [5.41, 5.74) is 1.12. The minimum Gasteiger partial charge on any atom is -0.356 e. The second kappa shape index (κ2) is 8.11. The van der Waals surface area contributed by atoms with Crippen molar-refractivity contribution in [1.82, 2.24) is 5.32 Å². The Bertz CT molecular complexity index is 649. The molecule has 0 aliphatic carbocycles. The molecule has 0 fully saturated rings. The Morgan fingerprint density at radius 3 is 2.45 bits per heavy atom. The summed E-state index contributed by atoms with van der Waals surface area (Å²) in [6, 6.07) is 11.3. The molecule has 1 N–H and O–H groups in total. The molecule has 5 heteroatoms. The number of nitrogens with one attached hydrogen (secondary N) is 1. The third-order valence-electron chi connectivity index (χ3n) is 3.24. The highest BCUT2D eigenvalue weighted by Crippen LogP contribution is 2.17. The fourth-order valence-corrected chi connectivity index (χ4v) is 2.98. The van der Waals surface area contributed by atoms with E-state index in [1.807, 2.05) is 43.3 Å². The standard InChI is InChI=1S/C17H18ClNO2S/c1-12-2-8-16(22-12)15(20)7-9-17(21)19-11-10-13-3-5-14(18)6-4-13/h2-6,8H,7,9-11H2,1H3,(H,19,21). The van der Waals surface area contributed by atoms with Crippen LogP contribution in [-0.4, -0.2) is 18.2 Å². The highest BCUT2D eigenvalue weighted by molar-refractivity contribution is 7.14. The summed E-state index contributed by atoms with van der Waals surface area (Å²) in [5, 5.41) is 3.54. The van der Waals surface area contributed by atoms with Gasteiger partial charge in [0.05, 0.1) is 4.88 Å². The van der Waals surface area contributed by atoms with Crippen molar-refractivity contribution in [3.63, 3.8) is 0 Å². The molecule has 22 heavy (non-hydrogen) atoms. The molecule has 0 bridgehead atoms. The van der Waals surface area contributed by atoms with Gasteiger partial charge in [-0.15, -0.1) is 11.3 Å². The van der Waals surface area contributed by atoms with Crippen LogP contribution in [0.15, 0.2) is 36.4 Å². The summed E-state index contributed by atoms with van der Waals surface area (Å²) in [6.45, 7) is 2.53. The van der Waals surface area contributed by atoms with Gasteiger partial charge in [0.2, 0.25) is 5.91 Å². The maximum absolute atomic E-state index is 11.9. The van der Waals surface area contributed by atoms with Gasteiger partial charge in [0.25, 0.3) is 0 Å². The van der Waals surface area contributed by atoms with Crippen LogP contribution in [0.3, 0.4) is 0 Å². The monoisotopic (exact) mass is 335 g/mol. The highest BCUT2D eigenvalue weighted by atomic mass is 35.5. The quantitative estimate of drug-likeness (QED) is 0.776. The third-order valence-corrected chi connectivity index (χ3v) is 4.54. The van der Waals surface area contributed by atoms with Gasteiger partial charge in [-0.05, 0) is 43.2 Å². The van der Waals surface area contributed by atoms with Crippen molar-refractivity contribution in [2.75, 3.05) is 6.54 Å². The number of hydrogen-bond donors (Lipinski definition) is 1. The lowest BCUT2D eigenvalue weighted by atomic mass is 10.1. The molecule has 1 aromatic carbocycles. The van der Waals surface area contributed by atoms with Crippen LogP contribution >= 0.6 is 22.9 Å². The van der Waals surface area contributed by atoms with Crippen LogP contribution in [0.4, 0.5) is 0 Å². The first-order chi connectivity index (χ1) is 10.5. The third kappa shape index (κ3) is 5.28. The van der Waals surface area contributed by atoms with Crippen molar-refractivity contribution < 1.29 is 9.59 Å². The van der Waals surface area contributed by atoms with E-state index in [4.69, 9.17) is 11.6 Å². The summed E-state index contributed by atoms with van der Waals surface area (Å²) in [6.07, 6.45) is 1.24. The highest BCUT2D eigenvalue weighted by Gasteiger charge is 2.10. The van der Waals surface area contributed by atoms with E-state index in [1.54, 1.807) is 0 Å². The van der Waals surface area contributed by atoms with Gasteiger partial charge in [0.1, 0.15) is 0 Å². The predicted molar refractivity (Wildman–Crippen MR) is 90.8 cm³/mol. The minimum absolute atomic E-state index is 0.0333. The van der Waals surface area contributed by atoms with E-state index >= 15 is 0 Å². The summed E-state index contributed by atoms with van der Waals surface area (Å²) in [5.74, 6) is -0.0541. The van der Waals surface area contributed by atoms with E-state index in [0.717, 1.165) is 21.7 Å². The fraction of sp³-hybridized carbons (Fsp3) is 0.294. The van der Waals surface area contributed by atoms with E-state index < -0.39 is 0 Å². The van der Waals surface area contributed by atoms with Gasteiger partial charge in [0, 0.05) is 29.3 Å². The van der Waals surface area contributed by atoms with Gasteiger partial charge in [-0.2, -0.15) is 0 Å². The number of aryl methyl sites for hydroxylation is 1. The average Bonchev–Trinajstić information content (AvgIpc) is 2.93. The van der Waals surface area contributed by atoms with Crippen molar-refractivity contribution >= 4 is 34.6 Å². The molecule has 1 heterocycles.